The molecule has 8 heteroatoms. The Labute approximate surface area is 168 Å². The quantitative estimate of drug-likeness (QED) is 0.547. The van der Waals surface area contributed by atoms with Crippen LogP contribution >= 0.6 is 0 Å². The van der Waals surface area contributed by atoms with Gasteiger partial charge in [0.15, 0.2) is 24.8 Å². The molecule has 1 aromatic rings. The monoisotopic (exact) mass is 404 g/mol. The van der Waals surface area contributed by atoms with Crippen LogP contribution in [0.3, 0.4) is 0 Å². The molecule has 0 bridgehead atoms. The summed E-state index contributed by atoms with van der Waals surface area (Å²) < 4.78 is 34.6. The van der Waals surface area contributed by atoms with E-state index >= 15 is 0 Å². The van der Waals surface area contributed by atoms with Crippen LogP contribution in [0.25, 0.3) is 0 Å². The molecule has 0 radical (unpaired) electrons. The van der Waals surface area contributed by atoms with Crippen molar-refractivity contribution < 1.29 is 38.0 Å². The van der Waals surface area contributed by atoms with E-state index in [1.807, 2.05) is 30.3 Å². The zero-order valence-electron chi connectivity index (χ0n) is 16.1. The molecule has 6 atom stereocenters. The highest BCUT2D eigenvalue weighted by molar-refractivity contribution is 5.72. The Morgan fingerprint density at radius 2 is 1.72 bits per heavy atom. The number of benzene rings is 1. The van der Waals surface area contributed by atoms with Crippen LogP contribution in [0, 0.1) is 0 Å². The number of rotatable bonds is 2. The minimum atomic E-state index is -0.946. The summed E-state index contributed by atoms with van der Waals surface area (Å²) in [7, 11) is 1.44. The lowest BCUT2D eigenvalue weighted by atomic mass is 9.97. The fourth-order valence-electron chi connectivity index (χ4n) is 3.68. The Morgan fingerprint density at radius 1 is 0.931 bits per heavy atom. The Kier molecular flexibility index (Phi) is 6.25. The second-order valence-corrected chi connectivity index (χ2v) is 7.08. The number of hydrogen-bond acceptors (Lipinski definition) is 8. The van der Waals surface area contributed by atoms with Gasteiger partial charge in [-0.2, -0.15) is 0 Å². The summed E-state index contributed by atoms with van der Waals surface area (Å²) in [5.41, 5.74) is 0.834. The molecule has 0 saturated carbocycles. The van der Waals surface area contributed by atoms with Crippen molar-refractivity contribution >= 4 is 11.9 Å². The number of methoxy groups -OCH3 is 1. The summed E-state index contributed by atoms with van der Waals surface area (Å²) in [5, 5.41) is 0. The molecular formula is C21H24O8. The molecule has 0 N–H and O–H groups in total. The smallest absolute Gasteiger partial charge is 0.310 e. The van der Waals surface area contributed by atoms with Gasteiger partial charge in [0, 0.05) is 19.1 Å². The molecule has 1 aromatic carbocycles. The van der Waals surface area contributed by atoms with Gasteiger partial charge in [0.05, 0.1) is 13.0 Å². The Hall–Kier alpha value is -2.26. The molecule has 0 spiro atoms. The first-order valence-corrected chi connectivity index (χ1v) is 9.70. The van der Waals surface area contributed by atoms with E-state index in [1.54, 1.807) is 12.2 Å². The number of hydrogen-bond donors (Lipinski definition) is 0. The summed E-state index contributed by atoms with van der Waals surface area (Å²) in [6, 6.07) is 9.45. The standard InChI is InChI=1S/C21H24O8/c1-24-21-19-18(27-15(22)10-6-3-7-11-16(23)28-19)17-14(26-21)12-25-20(29-17)13-8-4-2-5-9-13/h2-5,7-9,14,17-21H,6,10-12H2,1H3/t14-,17-,18+,19-,20?,21+/m1/s1. The number of fused-ring (bicyclic) bond motifs is 3. The second kappa shape index (κ2) is 9.04. The largest absolute Gasteiger partial charge is 0.455 e. The molecule has 156 valence electrons. The third kappa shape index (κ3) is 4.51. The summed E-state index contributed by atoms with van der Waals surface area (Å²) in [5.74, 6) is -0.852. The molecule has 2 fully saturated rings. The highest BCUT2D eigenvalue weighted by atomic mass is 16.8. The summed E-state index contributed by atoms with van der Waals surface area (Å²) in [4.78, 5) is 24.7. The number of carbonyl (C=O) groups excluding carboxylic acids is 2. The molecule has 3 aliphatic heterocycles. The Balaban J connectivity index is 1.61. The third-order valence-corrected chi connectivity index (χ3v) is 5.09. The molecule has 2 saturated heterocycles. The van der Waals surface area contributed by atoms with Gasteiger partial charge in [-0.15, -0.1) is 0 Å². The lowest BCUT2D eigenvalue weighted by Gasteiger charge is -2.47. The van der Waals surface area contributed by atoms with Crippen molar-refractivity contribution in [1.29, 1.82) is 0 Å². The predicted octanol–water partition coefficient (Wildman–Crippen LogP) is 2.04. The first kappa shape index (κ1) is 20.0. The summed E-state index contributed by atoms with van der Waals surface area (Å²) >= 11 is 0. The Bertz CT molecular complexity index is 748. The van der Waals surface area contributed by atoms with Crippen molar-refractivity contribution in [2.45, 2.75) is 56.3 Å². The average Bonchev–Trinajstić information content (AvgIpc) is 2.77. The maximum absolute atomic E-state index is 12.4. The van der Waals surface area contributed by atoms with E-state index in [4.69, 9.17) is 28.4 Å². The van der Waals surface area contributed by atoms with Crippen molar-refractivity contribution in [1.82, 2.24) is 0 Å². The first-order valence-electron chi connectivity index (χ1n) is 9.70. The van der Waals surface area contributed by atoms with Crippen molar-refractivity contribution in [2.24, 2.45) is 0 Å². The van der Waals surface area contributed by atoms with Crippen molar-refractivity contribution in [3.63, 3.8) is 0 Å². The van der Waals surface area contributed by atoms with Crippen LogP contribution in [0.5, 0.6) is 0 Å². The fourth-order valence-corrected chi connectivity index (χ4v) is 3.68. The van der Waals surface area contributed by atoms with Crippen molar-refractivity contribution in [2.75, 3.05) is 13.7 Å². The maximum Gasteiger partial charge on any atom is 0.310 e. The van der Waals surface area contributed by atoms with Crippen LogP contribution < -0.4 is 0 Å². The summed E-state index contributed by atoms with van der Waals surface area (Å²) in [6.45, 7) is 0.223. The van der Waals surface area contributed by atoms with Crippen molar-refractivity contribution in [3.05, 3.63) is 48.0 Å². The van der Waals surface area contributed by atoms with Gasteiger partial charge in [-0.25, -0.2) is 0 Å². The number of carbonyl (C=O) groups is 2. The van der Waals surface area contributed by atoms with Gasteiger partial charge in [-0.3, -0.25) is 9.59 Å². The van der Waals surface area contributed by atoms with Crippen LogP contribution in [0.4, 0.5) is 0 Å². The van der Waals surface area contributed by atoms with Crippen LogP contribution in [0.1, 0.15) is 31.1 Å². The number of ether oxygens (including phenoxy) is 6. The van der Waals surface area contributed by atoms with Gasteiger partial charge in [-0.1, -0.05) is 42.5 Å². The molecule has 1 unspecified atom stereocenters. The molecule has 0 aliphatic carbocycles. The van der Waals surface area contributed by atoms with Crippen LogP contribution in [-0.4, -0.2) is 56.4 Å². The maximum atomic E-state index is 12.4. The van der Waals surface area contributed by atoms with Gasteiger partial charge >= 0.3 is 11.9 Å². The zero-order chi connectivity index (χ0) is 20.2. The normalized spacial score (nSPS) is 35.5. The van der Waals surface area contributed by atoms with E-state index < -0.39 is 48.9 Å². The predicted molar refractivity (Wildman–Crippen MR) is 98.4 cm³/mol. The second-order valence-electron chi connectivity index (χ2n) is 7.08. The third-order valence-electron chi connectivity index (χ3n) is 5.09. The molecule has 0 amide bonds. The molecular weight excluding hydrogens is 380 g/mol. The highest BCUT2D eigenvalue weighted by Gasteiger charge is 2.53. The fraction of sp³-hybridized carbons (Fsp3) is 0.524. The summed E-state index contributed by atoms with van der Waals surface area (Å²) in [6.07, 6.45) is -0.340. The zero-order valence-corrected chi connectivity index (χ0v) is 16.1. The molecule has 0 aromatic heterocycles. The lowest BCUT2D eigenvalue weighted by molar-refractivity contribution is -0.359. The molecule has 29 heavy (non-hydrogen) atoms. The van der Waals surface area contributed by atoms with E-state index in [1.165, 1.54) is 7.11 Å². The first-order chi connectivity index (χ1) is 14.2. The van der Waals surface area contributed by atoms with Crippen LogP contribution in [0.15, 0.2) is 42.5 Å². The Morgan fingerprint density at radius 3 is 2.52 bits per heavy atom. The van der Waals surface area contributed by atoms with E-state index in [0.29, 0.717) is 6.42 Å². The minimum absolute atomic E-state index is 0.0958. The SMILES string of the molecule is CO[C@H]1O[C@@H]2COC(c3ccccc3)O[C@H]2[C@@H]2OC(=O)CCC=CCC(=O)O[C@@H]12. The van der Waals surface area contributed by atoms with Crippen LogP contribution in [-0.2, 0) is 38.0 Å². The van der Waals surface area contributed by atoms with Gasteiger partial charge < -0.3 is 28.4 Å². The lowest BCUT2D eigenvalue weighted by Crippen LogP contribution is -2.64. The van der Waals surface area contributed by atoms with E-state index in [2.05, 4.69) is 0 Å². The van der Waals surface area contributed by atoms with Gasteiger partial charge in [0.25, 0.3) is 0 Å². The molecule has 4 rings (SSSR count). The van der Waals surface area contributed by atoms with Gasteiger partial charge in [0.2, 0.25) is 0 Å². The van der Waals surface area contributed by atoms with Gasteiger partial charge in [0.1, 0.15) is 12.2 Å². The van der Waals surface area contributed by atoms with Crippen LogP contribution in [0.2, 0.25) is 0 Å². The molecule has 3 heterocycles. The van der Waals surface area contributed by atoms with E-state index in [-0.39, 0.29) is 19.4 Å². The van der Waals surface area contributed by atoms with E-state index in [9.17, 15) is 9.59 Å². The van der Waals surface area contributed by atoms with Crippen molar-refractivity contribution in [3.8, 4) is 0 Å². The highest BCUT2D eigenvalue weighted by Crippen LogP contribution is 2.36. The van der Waals surface area contributed by atoms with Gasteiger partial charge in [-0.05, 0) is 6.42 Å². The molecule has 3 aliphatic rings. The van der Waals surface area contributed by atoms with E-state index in [0.717, 1.165) is 5.56 Å². The topological polar surface area (TPSA) is 89.5 Å². The minimum Gasteiger partial charge on any atom is -0.455 e. The molecule has 8 nitrogen and oxygen atoms in total. The number of allylic oxidation sites excluding steroid dienone is 1. The average molecular weight is 404 g/mol. The number of esters is 2.